The Kier molecular flexibility index (Phi) is 7.30. The Labute approximate surface area is 179 Å². The number of benzene rings is 1. The Hall–Kier alpha value is -1.50. The van der Waals surface area contributed by atoms with Crippen LogP contribution in [0, 0.1) is 5.41 Å². The van der Waals surface area contributed by atoms with Gasteiger partial charge >= 0.3 is 0 Å². The summed E-state index contributed by atoms with van der Waals surface area (Å²) >= 11 is 0. The molecule has 0 aromatic heterocycles. The monoisotopic (exact) mass is 424 g/mol. The van der Waals surface area contributed by atoms with Gasteiger partial charge in [-0.25, -0.2) is 0 Å². The van der Waals surface area contributed by atoms with Gasteiger partial charge in [-0.3, -0.25) is 4.79 Å². The maximum absolute atomic E-state index is 12.8. The van der Waals surface area contributed by atoms with Crippen LogP contribution in [0.5, 0.6) is 11.5 Å². The van der Waals surface area contributed by atoms with E-state index in [1.54, 1.807) is 0 Å². The van der Waals surface area contributed by atoms with Crippen molar-refractivity contribution in [3.63, 3.8) is 0 Å². The largest absolute Gasteiger partial charge is 0.454 e. The highest BCUT2D eigenvalue weighted by atomic mass is 35.5. The number of carbonyl (C=O) groups excluding carboxylic acids is 1. The Morgan fingerprint density at radius 1 is 1.03 bits per heavy atom. The molecule has 1 saturated carbocycles. The maximum Gasteiger partial charge on any atom is 0.231 e. The van der Waals surface area contributed by atoms with Gasteiger partial charge in [-0.15, -0.1) is 12.4 Å². The van der Waals surface area contributed by atoms with Crippen LogP contribution in [-0.4, -0.2) is 39.0 Å². The van der Waals surface area contributed by atoms with Gasteiger partial charge in [0, 0.05) is 31.6 Å². The number of fused-ring (bicyclic) bond motifs is 1. The molecular weight excluding hydrogens is 392 g/mol. The molecule has 3 N–H and O–H groups in total. The van der Waals surface area contributed by atoms with Gasteiger partial charge in [0.15, 0.2) is 11.5 Å². The molecule has 2 aliphatic heterocycles. The first kappa shape index (κ1) is 22.2. The molecule has 1 aliphatic carbocycles. The lowest BCUT2D eigenvalue weighted by atomic mass is 9.71. The molecule has 1 saturated heterocycles. The summed E-state index contributed by atoms with van der Waals surface area (Å²) in [6.45, 7) is 2.90. The maximum atomic E-state index is 12.8. The predicted molar refractivity (Wildman–Crippen MR) is 114 cm³/mol. The van der Waals surface area contributed by atoms with E-state index in [1.165, 1.54) is 24.8 Å². The number of hydrogen-bond acceptors (Lipinski definition) is 5. The quantitative estimate of drug-likeness (QED) is 0.732. The Morgan fingerprint density at radius 2 is 1.76 bits per heavy atom. The SMILES string of the molecule is Cl.NCC1(CC(=O)NCC2(c3ccc4c(c3)OCO4)CCOCC2)CCCCC1. The van der Waals surface area contributed by atoms with Crippen molar-refractivity contribution in [2.45, 2.75) is 56.8 Å². The first-order valence-corrected chi connectivity index (χ1v) is 10.6. The van der Waals surface area contributed by atoms with Crippen LogP contribution in [0.4, 0.5) is 0 Å². The average Bonchev–Trinajstić information content (AvgIpc) is 3.22. The normalized spacial score (nSPS) is 21.8. The summed E-state index contributed by atoms with van der Waals surface area (Å²) in [4.78, 5) is 12.8. The van der Waals surface area contributed by atoms with Crippen molar-refractivity contribution in [1.29, 1.82) is 0 Å². The van der Waals surface area contributed by atoms with E-state index < -0.39 is 0 Å². The zero-order valence-corrected chi connectivity index (χ0v) is 17.9. The fraction of sp³-hybridized carbons (Fsp3) is 0.682. The third kappa shape index (κ3) is 4.81. The Bertz CT molecular complexity index is 700. The number of amides is 1. The summed E-state index contributed by atoms with van der Waals surface area (Å²) in [6.07, 6.45) is 8.07. The molecule has 1 aromatic rings. The number of nitrogens with one attached hydrogen (secondary N) is 1. The van der Waals surface area contributed by atoms with Crippen molar-refractivity contribution in [1.82, 2.24) is 5.32 Å². The molecule has 4 rings (SSSR count). The van der Waals surface area contributed by atoms with Crippen LogP contribution in [0.1, 0.15) is 56.9 Å². The second-order valence-electron chi connectivity index (χ2n) is 8.68. The summed E-state index contributed by atoms with van der Waals surface area (Å²) in [5, 5.41) is 3.24. The van der Waals surface area contributed by atoms with E-state index in [0.29, 0.717) is 32.7 Å². The molecule has 29 heavy (non-hydrogen) atoms. The summed E-state index contributed by atoms with van der Waals surface area (Å²) < 4.78 is 16.6. The molecule has 0 spiro atoms. The molecule has 0 radical (unpaired) electrons. The number of nitrogens with two attached hydrogens (primary N) is 1. The van der Waals surface area contributed by atoms with Crippen molar-refractivity contribution < 1.29 is 19.0 Å². The summed E-state index contributed by atoms with van der Waals surface area (Å²) in [5.74, 6) is 1.70. The molecule has 1 amide bonds. The van der Waals surface area contributed by atoms with Crippen molar-refractivity contribution in [3.8, 4) is 11.5 Å². The van der Waals surface area contributed by atoms with E-state index in [4.69, 9.17) is 19.9 Å². The van der Waals surface area contributed by atoms with Crippen LogP contribution < -0.4 is 20.5 Å². The highest BCUT2D eigenvalue weighted by Crippen LogP contribution is 2.41. The van der Waals surface area contributed by atoms with E-state index in [0.717, 1.165) is 37.2 Å². The molecule has 7 heteroatoms. The van der Waals surface area contributed by atoms with Crippen molar-refractivity contribution in [2.24, 2.45) is 11.1 Å². The first-order chi connectivity index (χ1) is 13.6. The first-order valence-electron chi connectivity index (χ1n) is 10.6. The van der Waals surface area contributed by atoms with Crippen LogP contribution in [-0.2, 0) is 14.9 Å². The van der Waals surface area contributed by atoms with Crippen LogP contribution >= 0.6 is 12.4 Å². The van der Waals surface area contributed by atoms with Gasteiger partial charge < -0.3 is 25.3 Å². The standard InChI is InChI=1S/C22H32N2O4.ClH/c23-14-21(6-2-1-3-7-21)13-20(25)24-15-22(8-10-26-11-9-22)17-4-5-18-19(12-17)28-16-27-18;/h4-5,12H,1-3,6-11,13-16,23H2,(H,24,25);1H. The number of ether oxygens (including phenoxy) is 3. The van der Waals surface area contributed by atoms with E-state index in [2.05, 4.69) is 17.4 Å². The van der Waals surface area contributed by atoms with Crippen molar-refractivity contribution >= 4 is 18.3 Å². The van der Waals surface area contributed by atoms with Crippen LogP contribution in [0.3, 0.4) is 0 Å². The molecule has 162 valence electrons. The highest BCUT2D eigenvalue weighted by Gasteiger charge is 2.37. The molecule has 0 unspecified atom stereocenters. The zero-order chi connectivity index (χ0) is 19.5. The van der Waals surface area contributed by atoms with E-state index in [9.17, 15) is 4.79 Å². The number of halogens is 1. The number of hydrogen-bond donors (Lipinski definition) is 2. The van der Waals surface area contributed by atoms with Crippen molar-refractivity contribution in [2.75, 3.05) is 33.1 Å². The molecular formula is C22H33ClN2O4. The van der Waals surface area contributed by atoms with Gasteiger partial charge in [0.25, 0.3) is 0 Å². The molecule has 0 bridgehead atoms. The van der Waals surface area contributed by atoms with Crippen LogP contribution in [0.15, 0.2) is 18.2 Å². The summed E-state index contributed by atoms with van der Waals surface area (Å²) in [5.41, 5.74) is 7.12. The number of carbonyl (C=O) groups is 1. The number of rotatable bonds is 6. The fourth-order valence-electron chi connectivity index (χ4n) is 4.98. The molecule has 3 aliphatic rings. The van der Waals surface area contributed by atoms with Crippen molar-refractivity contribution in [3.05, 3.63) is 23.8 Å². The molecule has 2 fully saturated rings. The lowest BCUT2D eigenvalue weighted by Crippen LogP contribution is -2.46. The van der Waals surface area contributed by atoms with Gasteiger partial charge in [-0.1, -0.05) is 25.3 Å². The lowest BCUT2D eigenvalue weighted by molar-refractivity contribution is -0.124. The van der Waals surface area contributed by atoms with E-state index in [-0.39, 0.29) is 35.9 Å². The molecule has 1 aromatic carbocycles. The minimum Gasteiger partial charge on any atom is -0.454 e. The van der Waals surface area contributed by atoms with E-state index >= 15 is 0 Å². The molecule has 0 atom stereocenters. The van der Waals surface area contributed by atoms with Gasteiger partial charge in [-0.05, 0) is 55.3 Å². The summed E-state index contributed by atoms with van der Waals surface area (Å²) in [6, 6.07) is 6.15. The van der Waals surface area contributed by atoms with Gasteiger partial charge in [-0.2, -0.15) is 0 Å². The van der Waals surface area contributed by atoms with Gasteiger partial charge in [0.1, 0.15) is 0 Å². The topological polar surface area (TPSA) is 82.8 Å². The third-order valence-corrected chi connectivity index (χ3v) is 6.94. The fourth-order valence-corrected chi connectivity index (χ4v) is 4.98. The van der Waals surface area contributed by atoms with Gasteiger partial charge in [0.2, 0.25) is 12.7 Å². The van der Waals surface area contributed by atoms with Crippen LogP contribution in [0.2, 0.25) is 0 Å². The second-order valence-corrected chi connectivity index (χ2v) is 8.68. The highest BCUT2D eigenvalue weighted by molar-refractivity contribution is 5.85. The third-order valence-electron chi connectivity index (χ3n) is 6.94. The predicted octanol–water partition coefficient (Wildman–Crippen LogP) is 3.30. The van der Waals surface area contributed by atoms with E-state index in [1.807, 2.05) is 6.07 Å². The summed E-state index contributed by atoms with van der Waals surface area (Å²) in [7, 11) is 0. The smallest absolute Gasteiger partial charge is 0.231 e. The Balaban J connectivity index is 0.00000240. The lowest BCUT2D eigenvalue weighted by Gasteiger charge is -2.39. The second kappa shape index (κ2) is 9.54. The Morgan fingerprint density at radius 3 is 2.48 bits per heavy atom. The average molecular weight is 425 g/mol. The van der Waals surface area contributed by atoms with Crippen LogP contribution in [0.25, 0.3) is 0 Å². The van der Waals surface area contributed by atoms with Gasteiger partial charge in [0.05, 0.1) is 0 Å². The minimum absolute atomic E-state index is 0. The molecule has 6 nitrogen and oxygen atoms in total. The minimum atomic E-state index is -0.128. The zero-order valence-electron chi connectivity index (χ0n) is 17.0. The molecule has 2 heterocycles.